The van der Waals surface area contributed by atoms with Crippen molar-refractivity contribution in [2.45, 2.75) is 17.1 Å². The summed E-state index contributed by atoms with van der Waals surface area (Å²) in [5.41, 5.74) is 6.07. The molecule has 3 N–H and O–H groups in total. The third kappa shape index (κ3) is 3.96. The van der Waals surface area contributed by atoms with E-state index in [4.69, 9.17) is 5.73 Å². The molecule has 2 aromatic rings. The van der Waals surface area contributed by atoms with Crippen molar-refractivity contribution in [3.63, 3.8) is 0 Å². The van der Waals surface area contributed by atoms with Crippen LogP contribution in [-0.4, -0.2) is 16.1 Å². The molecule has 0 fully saturated rings. The number of nitrogens with one attached hydrogen (secondary N) is 1. The fraction of sp³-hybridized carbons (Fsp3) is 0.143. The van der Waals surface area contributed by atoms with Crippen LogP contribution in [0.15, 0.2) is 47.5 Å². The number of anilines is 2. The molecule has 0 aliphatic carbocycles. The van der Waals surface area contributed by atoms with Gasteiger partial charge in [-0.1, -0.05) is 0 Å². The van der Waals surface area contributed by atoms with Crippen molar-refractivity contribution in [2.24, 2.45) is 0 Å². The van der Waals surface area contributed by atoms with E-state index in [-0.39, 0.29) is 17.0 Å². The van der Waals surface area contributed by atoms with Crippen LogP contribution in [0.2, 0.25) is 0 Å². The van der Waals surface area contributed by atoms with Gasteiger partial charge in [0, 0.05) is 16.8 Å². The summed E-state index contributed by atoms with van der Waals surface area (Å²) in [6, 6.07) is 9.15. The van der Waals surface area contributed by atoms with E-state index >= 15 is 0 Å². The minimum atomic E-state index is -0.335. The number of aromatic nitrogens is 1. The molecule has 1 atom stereocenters. The molecular weight excluding hydrogens is 277 g/mol. The lowest BCUT2D eigenvalue weighted by Crippen LogP contribution is -2.22. The summed E-state index contributed by atoms with van der Waals surface area (Å²) in [4.78, 5) is 16.8. The highest BCUT2D eigenvalue weighted by Gasteiger charge is 2.14. The molecule has 4 nitrogen and oxygen atoms in total. The molecule has 0 bridgehead atoms. The van der Waals surface area contributed by atoms with Gasteiger partial charge >= 0.3 is 0 Å². The molecule has 0 saturated heterocycles. The Labute approximate surface area is 120 Å². The van der Waals surface area contributed by atoms with Gasteiger partial charge in [-0.05, 0) is 43.3 Å². The summed E-state index contributed by atoms with van der Waals surface area (Å²) in [7, 11) is 0. The van der Waals surface area contributed by atoms with Crippen LogP contribution in [0.4, 0.5) is 15.9 Å². The second kappa shape index (κ2) is 6.38. The fourth-order valence-electron chi connectivity index (χ4n) is 1.50. The predicted octanol–water partition coefficient (Wildman–Crippen LogP) is 2.92. The van der Waals surface area contributed by atoms with Crippen molar-refractivity contribution < 1.29 is 9.18 Å². The Hall–Kier alpha value is -2.08. The minimum absolute atomic E-state index is 0.154. The fourth-order valence-corrected chi connectivity index (χ4v) is 2.33. The van der Waals surface area contributed by atoms with E-state index in [1.807, 2.05) is 6.07 Å². The molecule has 0 aliphatic rings. The number of benzene rings is 1. The van der Waals surface area contributed by atoms with Crippen LogP contribution < -0.4 is 11.1 Å². The summed E-state index contributed by atoms with van der Waals surface area (Å²) < 4.78 is 12.8. The van der Waals surface area contributed by atoms with Crippen molar-refractivity contribution in [3.8, 4) is 0 Å². The third-order valence-corrected chi connectivity index (χ3v) is 3.63. The van der Waals surface area contributed by atoms with Gasteiger partial charge in [0.25, 0.3) is 0 Å². The van der Waals surface area contributed by atoms with E-state index in [0.717, 1.165) is 4.90 Å². The lowest BCUT2D eigenvalue weighted by Gasteiger charge is -2.11. The Morgan fingerprint density at radius 1 is 1.30 bits per heavy atom. The molecule has 20 heavy (non-hydrogen) atoms. The van der Waals surface area contributed by atoms with Gasteiger partial charge in [-0.3, -0.25) is 4.79 Å². The van der Waals surface area contributed by atoms with Gasteiger partial charge in [0.2, 0.25) is 5.91 Å². The SMILES string of the molecule is CC(Sc1ccc(N)nc1)C(=O)Nc1ccc(F)cc1. The zero-order chi connectivity index (χ0) is 14.5. The summed E-state index contributed by atoms with van der Waals surface area (Å²) >= 11 is 1.38. The van der Waals surface area contributed by atoms with Crippen molar-refractivity contribution in [1.82, 2.24) is 4.98 Å². The molecule has 0 spiro atoms. The van der Waals surface area contributed by atoms with E-state index in [9.17, 15) is 9.18 Å². The van der Waals surface area contributed by atoms with Crippen molar-refractivity contribution in [1.29, 1.82) is 0 Å². The van der Waals surface area contributed by atoms with E-state index in [1.54, 1.807) is 19.2 Å². The van der Waals surface area contributed by atoms with Crippen LogP contribution in [0.5, 0.6) is 0 Å². The van der Waals surface area contributed by atoms with Crippen LogP contribution in [-0.2, 0) is 4.79 Å². The van der Waals surface area contributed by atoms with Gasteiger partial charge in [-0.25, -0.2) is 9.37 Å². The molecule has 6 heteroatoms. The first-order valence-electron chi connectivity index (χ1n) is 5.99. The van der Waals surface area contributed by atoms with Gasteiger partial charge in [-0.2, -0.15) is 0 Å². The lowest BCUT2D eigenvalue weighted by atomic mass is 10.3. The lowest BCUT2D eigenvalue weighted by molar-refractivity contribution is -0.115. The molecule has 1 aromatic heterocycles. The highest BCUT2D eigenvalue weighted by molar-refractivity contribution is 8.00. The first-order valence-corrected chi connectivity index (χ1v) is 6.87. The molecule has 1 unspecified atom stereocenters. The van der Waals surface area contributed by atoms with Gasteiger partial charge in [0.1, 0.15) is 11.6 Å². The number of thioether (sulfide) groups is 1. The number of pyridine rings is 1. The van der Waals surface area contributed by atoms with E-state index in [1.165, 1.54) is 36.0 Å². The van der Waals surface area contributed by atoms with Gasteiger partial charge in [-0.15, -0.1) is 11.8 Å². The molecular formula is C14H14FN3OS. The second-order valence-electron chi connectivity index (χ2n) is 4.17. The summed E-state index contributed by atoms with van der Waals surface area (Å²) in [6.07, 6.45) is 1.63. The van der Waals surface area contributed by atoms with Gasteiger partial charge < -0.3 is 11.1 Å². The molecule has 0 radical (unpaired) electrons. The van der Waals surface area contributed by atoms with Crippen molar-refractivity contribution in [3.05, 3.63) is 48.4 Å². The highest BCUT2D eigenvalue weighted by Crippen LogP contribution is 2.23. The van der Waals surface area contributed by atoms with E-state index in [2.05, 4.69) is 10.3 Å². The van der Waals surface area contributed by atoms with E-state index in [0.29, 0.717) is 11.5 Å². The van der Waals surface area contributed by atoms with Crippen LogP contribution in [0.1, 0.15) is 6.92 Å². The maximum atomic E-state index is 12.8. The number of carbonyl (C=O) groups excluding carboxylic acids is 1. The topological polar surface area (TPSA) is 68.0 Å². The summed E-state index contributed by atoms with van der Waals surface area (Å²) in [5, 5.41) is 2.43. The molecule has 0 saturated carbocycles. The quantitative estimate of drug-likeness (QED) is 0.850. The standard InChI is InChI=1S/C14H14FN3OS/c1-9(20-12-6-7-13(16)17-8-12)14(19)18-11-4-2-10(15)3-5-11/h2-9H,1H3,(H2,16,17)(H,18,19). The Balaban J connectivity index is 1.94. The van der Waals surface area contributed by atoms with Crippen LogP contribution in [0.3, 0.4) is 0 Å². The average molecular weight is 291 g/mol. The van der Waals surface area contributed by atoms with E-state index < -0.39 is 0 Å². The number of halogens is 1. The van der Waals surface area contributed by atoms with Crippen LogP contribution in [0, 0.1) is 5.82 Å². The number of rotatable bonds is 4. The zero-order valence-electron chi connectivity index (χ0n) is 10.8. The van der Waals surface area contributed by atoms with Gasteiger partial charge in [0.05, 0.1) is 5.25 Å². The zero-order valence-corrected chi connectivity index (χ0v) is 11.7. The normalized spacial score (nSPS) is 11.9. The Bertz CT molecular complexity index is 586. The Morgan fingerprint density at radius 2 is 2.00 bits per heavy atom. The molecule has 104 valence electrons. The summed E-state index contributed by atoms with van der Waals surface area (Å²) in [6.45, 7) is 1.79. The van der Waals surface area contributed by atoms with Crippen molar-refractivity contribution in [2.75, 3.05) is 11.1 Å². The molecule has 1 amide bonds. The maximum Gasteiger partial charge on any atom is 0.237 e. The Morgan fingerprint density at radius 3 is 2.60 bits per heavy atom. The van der Waals surface area contributed by atoms with Gasteiger partial charge in [0.15, 0.2) is 0 Å². The van der Waals surface area contributed by atoms with Crippen LogP contribution >= 0.6 is 11.8 Å². The number of hydrogen-bond acceptors (Lipinski definition) is 4. The maximum absolute atomic E-state index is 12.8. The smallest absolute Gasteiger partial charge is 0.237 e. The monoisotopic (exact) mass is 291 g/mol. The number of nitrogens with two attached hydrogens (primary N) is 1. The first kappa shape index (κ1) is 14.3. The number of carbonyl (C=O) groups is 1. The number of nitrogens with zero attached hydrogens (tertiary/aromatic N) is 1. The minimum Gasteiger partial charge on any atom is -0.384 e. The number of hydrogen-bond donors (Lipinski definition) is 2. The largest absolute Gasteiger partial charge is 0.384 e. The molecule has 2 rings (SSSR count). The van der Waals surface area contributed by atoms with Crippen LogP contribution in [0.25, 0.3) is 0 Å². The van der Waals surface area contributed by atoms with Crippen molar-refractivity contribution >= 4 is 29.2 Å². The second-order valence-corrected chi connectivity index (χ2v) is 5.59. The molecule has 1 heterocycles. The molecule has 0 aliphatic heterocycles. The highest BCUT2D eigenvalue weighted by atomic mass is 32.2. The first-order chi connectivity index (χ1) is 9.54. The number of nitrogen functional groups attached to an aromatic ring is 1. The third-order valence-electron chi connectivity index (χ3n) is 2.55. The predicted molar refractivity (Wildman–Crippen MR) is 79.0 cm³/mol. The average Bonchev–Trinajstić information content (AvgIpc) is 2.44. The summed E-state index contributed by atoms with van der Waals surface area (Å²) in [5.74, 6) is -0.0467. The molecule has 1 aromatic carbocycles. The Kier molecular flexibility index (Phi) is 4.57. The number of amides is 1.